The zero-order valence-electron chi connectivity index (χ0n) is 13.2. The van der Waals surface area contributed by atoms with Gasteiger partial charge in [-0.25, -0.2) is 0 Å². The van der Waals surface area contributed by atoms with Gasteiger partial charge in [-0.15, -0.1) is 0 Å². The number of nitriles is 1. The van der Waals surface area contributed by atoms with Crippen LogP contribution in [0.15, 0.2) is 24.3 Å². The average molecular weight is 289 g/mol. The smallest absolute Gasteiger partial charge is 0.236 e. The van der Waals surface area contributed by atoms with Crippen LogP contribution in [0.4, 0.5) is 0 Å². The van der Waals surface area contributed by atoms with Gasteiger partial charge in [0.2, 0.25) is 5.91 Å². The van der Waals surface area contributed by atoms with Crippen molar-refractivity contribution in [3.63, 3.8) is 0 Å². The van der Waals surface area contributed by atoms with Crippen LogP contribution in [0, 0.1) is 11.3 Å². The van der Waals surface area contributed by atoms with Crippen LogP contribution in [-0.4, -0.2) is 50.0 Å². The minimum Gasteiger partial charge on any atom is -0.496 e. The first kappa shape index (κ1) is 17.0. The van der Waals surface area contributed by atoms with E-state index in [9.17, 15) is 4.79 Å². The normalized spacial score (nSPS) is 11.8. The summed E-state index contributed by atoms with van der Waals surface area (Å²) in [5, 5.41) is 8.56. The van der Waals surface area contributed by atoms with Crippen molar-refractivity contribution in [1.29, 1.82) is 5.26 Å². The molecule has 5 heteroatoms. The maximum Gasteiger partial charge on any atom is 0.236 e. The third-order valence-corrected chi connectivity index (χ3v) is 3.62. The summed E-state index contributed by atoms with van der Waals surface area (Å²) >= 11 is 0. The number of hydrogen-bond acceptors (Lipinski definition) is 4. The predicted molar refractivity (Wildman–Crippen MR) is 81.9 cm³/mol. The highest BCUT2D eigenvalue weighted by molar-refractivity contribution is 5.78. The molecule has 0 spiro atoms. The molecule has 0 aliphatic rings. The van der Waals surface area contributed by atoms with Crippen LogP contribution in [0.1, 0.15) is 24.9 Å². The highest BCUT2D eigenvalue weighted by atomic mass is 16.5. The van der Waals surface area contributed by atoms with E-state index < -0.39 is 0 Å². The van der Waals surface area contributed by atoms with Crippen LogP contribution in [0.2, 0.25) is 0 Å². The molecule has 0 aliphatic heterocycles. The summed E-state index contributed by atoms with van der Waals surface area (Å²) in [7, 11) is 5.28. The number of methoxy groups -OCH3 is 1. The minimum absolute atomic E-state index is 0.00879. The molecular weight excluding hydrogens is 266 g/mol. The van der Waals surface area contributed by atoms with Gasteiger partial charge in [0.25, 0.3) is 0 Å². The second kappa shape index (κ2) is 8.28. The molecule has 1 rings (SSSR count). The Morgan fingerprint density at radius 3 is 2.67 bits per heavy atom. The number of amides is 1. The molecule has 21 heavy (non-hydrogen) atoms. The number of benzene rings is 1. The summed E-state index contributed by atoms with van der Waals surface area (Å²) in [5.41, 5.74) is 1.05. The Morgan fingerprint density at radius 1 is 1.38 bits per heavy atom. The summed E-state index contributed by atoms with van der Waals surface area (Å²) < 4.78 is 5.36. The number of nitrogens with zero attached hydrogens (tertiary/aromatic N) is 3. The molecule has 1 amide bonds. The van der Waals surface area contributed by atoms with Crippen LogP contribution < -0.4 is 4.74 Å². The first-order valence-corrected chi connectivity index (χ1v) is 6.95. The zero-order chi connectivity index (χ0) is 15.8. The summed E-state index contributed by atoms with van der Waals surface area (Å²) in [5.74, 6) is 0.830. The van der Waals surface area contributed by atoms with Crippen molar-refractivity contribution in [2.45, 2.75) is 19.4 Å². The first-order chi connectivity index (χ1) is 10.0. The van der Waals surface area contributed by atoms with Gasteiger partial charge in [-0.3, -0.25) is 9.69 Å². The van der Waals surface area contributed by atoms with Crippen LogP contribution in [0.3, 0.4) is 0 Å². The third-order valence-electron chi connectivity index (χ3n) is 3.62. The third kappa shape index (κ3) is 4.76. The molecule has 1 aromatic carbocycles. The Hall–Kier alpha value is -2.06. The molecule has 1 atom stereocenters. The van der Waals surface area contributed by atoms with Crippen molar-refractivity contribution in [3.05, 3.63) is 29.8 Å². The second-order valence-electron chi connectivity index (χ2n) is 5.06. The molecule has 0 radical (unpaired) electrons. The Bertz CT molecular complexity index is 510. The number of likely N-dealkylation sites (N-methyl/N-ethyl adjacent to an activating group) is 2. The quantitative estimate of drug-likeness (QED) is 0.771. The molecule has 0 aliphatic carbocycles. The Labute approximate surface area is 126 Å². The van der Waals surface area contributed by atoms with Gasteiger partial charge < -0.3 is 9.64 Å². The van der Waals surface area contributed by atoms with E-state index in [1.165, 1.54) is 0 Å². The van der Waals surface area contributed by atoms with Crippen molar-refractivity contribution in [1.82, 2.24) is 9.80 Å². The Balaban J connectivity index is 2.68. The number of carbonyl (C=O) groups is 1. The van der Waals surface area contributed by atoms with Gasteiger partial charge in [0.15, 0.2) is 0 Å². The van der Waals surface area contributed by atoms with E-state index in [1.54, 1.807) is 19.1 Å². The number of carbonyl (C=O) groups excluding carboxylic acids is 1. The molecular formula is C16H23N3O2. The zero-order valence-corrected chi connectivity index (χ0v) is 13.2. The van der Waals surface area contributed by atoms with E-state index in [4.69, 9.17) is 10.00 Å². The molecule has 1 unspecified atom stereocenters. The first-order valence-electron chi connectivity index (χ1n) is 6.95. The standard InChI is InChI=1S/C16H23N3O2/c1-13(14-8-5-6-9-15(14)21-4)19(3)12-16(20)18(2)11-7-10-17/h5-6,8-9,13H,7,11-12H2,1-4H3. The monoisotopic (exact) mass is 289 g/mol. The summed E-state index contributed by atoms with van der Waals surface area (Å²) in [6.07, 6.45) is 0.355. The van der Waals surface area contributed by atoms with Crippen LogP contribution in [-0.2, 0) is 4.79 Å². The summed E-state index contributed by atoms with van der Waals surface area (Å²) in [6.45, 7) is 2.81. The van der Waals surface area contributed by atoms with Gasteiger partial charge in [-0.1, -0.05) is 18.2 Å². The van der Waals surface area contributed by atoms with Gasteiger partial charge >= 0.3 is 0 Å². The van der Waals surface area contributed by atoms with Crippen molar-refractivity contribution in [3.8, 4) is 11.8 Å². The van der Waals surface area contributed by atoms with Crippen molar-refractivity contribution in [2.75, 3.05) is 34.3 Å². The van der Waals surface area contributed by atoms with E-state index in [1.807, 2.05) is 49.2 Å². The Morgan fingerprint density at radius 2 is 2.05 bits per heavy atom. The molecule has 0 fully saturated rings. The molecule has 1 aromatic rings. The Kier molecular flexibility index (Phi) is 6.70. The number of para-hydroxylation sites is 1. The van der Waals surface area contributed by atoms with E-state index in [-0.39, 0.29) is 11.9 Å². The van der Waals surface area contributed by atoms with Crippen molar-refractivity contribution >= 4 is 5.91 Å². The maximum atomic E-state index is 12.1. The van der Waals surface area contributed by atoms with E-state index in [0.29, 0.717) is 19.5 Å². The van der Waals surface area contributed by atoms with E-state index >= 15 is 0 Å². The molecule has 0 bridgehead atoms. The number of ether oxygens (including phenoxy) is 1. The fourth-order valence-corrected chi connectivity index (χ4v) is 2.06. The molecule has 0 heterocycles. The van der Waals surface area contributed by atoms with Gasteiger partial charge in [0, 0.05) is 25.2 Å². The van der Waals surface area contributed by atoms with Gasteiger partial charge in [0.1, 0.15) is 5.75 Å². The molecule has 114 valence electrons. The number of hydrogen-bond donors (Lipinski definition) is 0. The predicted octanol–water partition coefficient (Wildman–Crippen LogP) is 2.06. The number of rotatable bonds is 7. The molecule has 0 saturated heterocycles. The van der Waals surface area contributed by atoms with Crippen LogP contribution in [0.5, 0.6) is 5.75 Å². The SMILES string of the molecule is COc1ccccc1C(C)N(C)CC(=O)N(C)CCC#N. The highest BCUT2D eigenvalue weighted by Crippen LogP contribution is 2.27. The lowest BCUT2D eigenvalue weighted by Gasteiger charge is -2.27. The van der Waals surface area contributed by atoms with Crippen molar-refractivity contribution in [2.24, 2.45) is 0 Å². The lowest BCUT2D eigenvalue weighted by Crippen LogP contribution is -2.38. The van der Waals surface area contributed by atoms with Gasteiger partial charge in [0.05, 0.1) is 26.1 Å². The molecule has 5 nitrogen and oxygen atoms in total. The summed E-state index contributed by atoms with van der Waals surface area (Å²) in [4.78, 5) is 15.7. The molecule has 0 N–H and O–H groups in total. The average Bonchev–Trinajstić information content (AvgIpc) is 2.51. The van der Waals surface area contributed by atoms with E-state index in [0.717, 1.165) is 11.3 Å². The fourth-order valence-electron chi connectivity index (χ4n) is 2.06. The van der Waals surface area contributed by atoms with E-state index in [2.05, 4.69) is 0 Å². The topological polar surface area (TPSA) is 56.6 Å². The largest absolute Gasteiger partial charge is 0.496 e. The van der Waals surface area contributed by atoms with Crippen LogP contribution >= 0.6 is 0 Å². The molecule has 0 aromatic heterocycles. The molecule has 0 saturated carbocycles. The summed E-state index contributed by atoms with van der Waals surface area (Å²) in [6, 6.07) is 9.92. The lowest BCUT2D eigenvalue weighted by atomic mass is 10.1. The highest BCUT2D eigenvalue weighted by Gasteiger charge is 2.19. The maximum absolute atomic E-state index is 12.1. The van der Waals surface area contributed by atoms with Crippen molar-refractivity contribution < 1.29 is 9.53 Å². The van der Waals surface area contributed by atoms with Crippen LogP contribution in [0.25, 0.3) is 0 Å². The fraction of sp³-hybridized carbons (Fsp3) is 0.500. The second-order valence-corrected chi connectivity index (χ2v) is 5.06. The van der Waals surface area contributed by atoms with Gasteiger partial charge in [-0.2, -0.15) is 5.26 Å². The minimum atomic E-state index is 0.00879. The van der Waals surface area contributed by atoms with Gasteiger partial charge in [-0.05, 0) is 20.0 Å². The lowest BCUT2D eigenvalue weighted by molar-refractivity contribution is -0.131.